The molecule has 0 rings (SSSR count). The molecule has 0 aliphatic carbocycles. The fourth-order valence-electron chi connectivity index (χ4n) is 2.82. The molecule has 0 aromatic carbocycles. The number of rotatable bonds is 25. The quantitative estimate of drug-likeness (QED) is 0.0376. The Hall–Kier alpha value is -4.40. The Kier molecular flexibility index (Phi) is 39.0. The van der Waals surface area contributed by atoms with E-state index in [1.54, 1.807) is 13.8 Å². The second kappa shape index (κ2) is 37.4. The monoisotopic (exact) mass is 766 g/mol. The zero-order valence-electron chi connectivity index (χ0n) is 32.7. The highest BCUT2D eigenvalue weighted by Crippen LogP contribution is 2.03. The smallest absolute Gasteiger partial charge is 0.320 e. The Morgan fingerprint density at radius 2 is 0.642 bits per heavy atom. The second-order valence-corrected chi connectivity index (χ2v) is 12.2. The molecule has 0 amide bonds. The maximum Gasteiger partial charge on any atom is 0.320 e. The highest BCUT2D eigenvalue weighted by atomic mass is 16.6. The number of hydrogen-bond acceptors (Lipinski definition) is 16. The van der Waals surface area contributed by atoms with Gasteiger partial charge in [0.15, 0.2) is 0 Å². The van der Waals surface area contributed by atoms with Crippen molar-refractivity contribution in [3.8, 4) is 0 Å². The molecule has 53 heavy (non-hydrogen) atoms. The van der Waals surface area contributed by atoms with Crippen molar-refractivity contribution in [2.75, 3.05) is 26.4 Å². The van der Waals surface area contributed by atoms with E-state index in [4.69, 9.17) is 62.7 Å². The molecule has 0 heterocycles. The molecule has 0 fully saturated rings. The van der Waals surface area contributed by atoms with Crippen LogP contribution >= 0.6 is 0 Å². The Morgan fingerprint density at radius 1 is 0.396 bits per heavy atom. The summed E-state index contributed by atoms with van der Waals surface area (Å²) in [6.07, 6.45) is 5.42. The minimum Gasteiger partial charge on any atom is -0.480 e. The molecule has 4 unspecified atom stereocenters. The van der Waals surface area contributed by atoms with E-state index in [1.807, 2.05) is 41.5 Å². The minimum atomic E-state index is -1.02. The Bertz CT molecular complexity index is 1060. The Morgan fingerprint density at radius 3 is 0.925 bits per heavy atom. The molecule has 0 aliphatic rings. The summed E-state index contributed by atoms with van der Waals surface area (Å²) in [6, 6.07) is -3.19. The number of nitrogens with two attached hydrogens (primary N) is 4. The van der Waals surface area contributed by atoms with Crippen molar-refractivity contribution in [3.05, 3.63) is 0 Å². The SMILES string of the molecule is CC(C)=NOCCC(N)C(=O)O.CC(C)=NOCCCC(N)C(=O)O.CC(C)=NOCCCC(N)C(=O)O.CC(C)=NOCCCCCC(N)C(=O)O. The van der Waals surface area contributed by atoms with Crippen LogP contribution in [0.2, 0.25) is 0 Å². The first kappa shape index (κ1) is 55.4. The van der Waals surface area contributed by atoms with Crippen molar-refractivity contribution >= 4 is 46.7 Å². The van der Waals surface area contributed by atoms with Crippen molar-refractivity contribution in [1.29, 1.82) is 0 Å². The fraction of sp³-hybridized carbons (Fsp3) is 0.758. The topological polar surface area (TPSA) is 340 Å². The van der Waals surface area contributed by atoms with Gasteiger partial charge in [-0.15, -0.1) is 0 Å². The third-order valence-corrected chi connectivity index (χ3v) is 5.53. The van der Waals surface area contributed by atoms with Gasteiger partial charge in [-0.1, -0.05) is 27.0 Å². The second-order valence-electron chi connectivity index (χ2n) is 12.2. The van der Waals surface area contributed by atoms with Gasteiger partial charge in [0.1, 0.15) is 50.6 Å². The third kappa shape index (κ3) is 49.8. The van der Waals surface area contributed by atoms with Crippen molar-refractivity contribution in [2.45, 2.75) is 137 Å². The maximum atomic E-state index is 10.4. The molecule has 0 saturated heterocycles. The molecule has 0 radical (unpaired) electrons. The molecule has 0 spiro atoms. The Labute approximate surface area is 312 Å². The molecule has 20 heteroatoms. The summed E-state index contributed by atoms with van der Waals surface area (Å²) in [4.78, 5) is 60.6. The Balaban J connectivity index is -0.000000303. The van der Waals surface area contributed by atoms with Gasteiger partial charge in [0.2, 0.25) is 0 Å². The normalized spacial score (nSPS) is 11.9. The molecule has 0 saturated carbocycles. The standard InChI is InChI=1S/C10H20N2O3.2C8H16N2O3.C7H14N2O3/c1-8(2)12-15-7-5-3-4-6-9(11)10(13)14;2*1-6(2)10-13-5-3-4-7(9)8(11)12;1-5(2)9-12-4-3-6(8)7(10)11/h9H,3-7,11H2,1-2H3,(H,13,14);2*7H,3-5,9H2,1-2H3,(H,11,12);6H,3-4,8H2,1-2H3,(H,10,11). The molecule has 0 aliphatic heterocycles. The van der Waals surface area contributed by atoms with Crippen LogP contribution in [0.4, 0.5) is 0 Å². The lowest BCUT2D eigenvalue weighted by Gasteiger charge is -2.05. The lowest BCUT2D eigenvalue weighted by atomic mass is 10.1. The third-order valence-electron chi connectivity index (χ3n) is 5.53. The zero-order chi connectivity index (χ0) is 41.8. The predicted octanol–water partition coefficient (Wildman–Crippen LogP) is 2.75. The highest BCUT2D eigenvalue weighted by Gasteiger charge is 2.12. The number of carboxylic acid groups (broad SMARTS) is 4. The van der Waals surface area contributed by atoms with Gasteiger partial charge in [-0.25, -0.2) is 0 Å². The first-order valence-corrected chi connectivity index (χ1v) is 17.1. The summed E-state index contributed by atoms with van der Waals surface area (Å²) in [6.45, 7) is 16.2. The summed E-state index contributed by atoms with van der Waals surface area (Å²) >= 11 is 0. The van der Waals surface area contributed by atoms with E-state index in [-0.39, 0.29) is 13.0 Å². The van der Waals surface area contributed by atoms with E-state index < -0.39 is 48.0 Å². The number of oxime groups is 4. The summed E-state index contributed by atoms with van der Waals surface area (Å²) in [5, 5.41) is 48.6. The van der Waals surface area contributed by atoms with Gasteiger partial charge in [0.25, 0.3) is 0 Å². The van der Waals surface area contributed by atoms with Crippen molar-refractivity contribution in [2.24, 2.45) is 43.6 Å². The number of unbranched alkanes of at least 4 members (excludes halogenated alkanes) is 2. The molecular formula is C33H66N8O12. The summed E-state index contributed by atoms with van der Waals surface area (Å²) in [5.41, 5.74) is 24.4. The zero-order valence-corrected chi connectivity index (χ0v) is 32.7. The highest BCUT2D eigenvalue weighted by molar-refractivity contribution is 5.79. The van der Waals surface area contributed by atoms with E-state index in [1.165, 1.54) is 0 Å². The van der Waals surface area contributed by atoms with E-state index in [0.29, 0.717) is 51.9 Å². The average Bonchev–Trinajstić information content (AvgIpc) is 3.05. The number of carbonyl (C=O) groups is 4. The lowest BCUT2D eigenvalue weighted by Crippen LogP contribution is -2.31. The largest absolute Gasteiger partial charge is 0.480 e. The van der Waals surface area contributed by atoms with Gasteiger partial charge in [-0.3, -0.25) is 19.2 Å². The van der Waals surface area contributed by atoms with Gasteiger partial charge in [0, 0.05) is 6.42 Å². The van der Waals surface area contributed by atoms with Crippen LogP contribution < -0.4 is 22.9 Å². The van der Waals surface area contributed by atoms with Crippen LogP contribution in [-0.2, 0) is 38.5 Å². The molecule has 4 atom stereocenters. The van der Waals surface area contributed by atoms with Crippen molar-refractivity contribution < 1.29 is 59.0 Å². The van der Waals surface area contributed by atoms with Gasteiger partial charge >= 0.3 is 23.9 Å². The first-order chi connectivity index (χ1) is 24.6. The predicted molar refractivity (Wildman–Crippen MR) is 203 cm³/mol. The van der Waals surface area contributed by atoms with Crippen molar-refractivity contribution in [1.82, 2.24) is 0 Å². The van der Waals surface area contributed by atoms with Gasteiger partial charge in [-0.2, -0.15) is 0 Å². The fourth-order valence-corrected chi connectivity index (χ4v) is 2.82. The molecular weight excluding hydrogens is 700 g/mol. The number of carboxylic acids is 4. The molecule has 0 aromatic rings. The van der Waals surface area contributed by atoms with Crippen molar-refractivity contribution in [3.63, 3.8) is 0 Å². The molecule has 310 valence electrons. The lowest BCUT2D eigenvalue weighted by molar-refractivity contribution is -0.139. The molecule has 0 bridgehead atoms. The van der Waals surface area contributed by atoms with E-state index in [9.17, 15) is 19.2 Å². The van der Waals surface area contributed by atoms with Crippen LogP contribution in [0, 0.1) is 0 Å². The van der Waals surface area contributed by atoms with E-state index >= 15 is 0 Å². The molecule has 20 nitrogen and oxygen atoms in total. The summed E-state index contributed by atoms with van der Waals surface area (Å²) in [7, 11) is 0. The van der Waals surface area contributed by atoms with Crippen LogP contribution in [0.25, 0.3) is 0 Å². The number of nitrogens with zero attached hydrogens (tertiary/aromatic N) is 4. The number of aliphatic carboxylic acids is 4. The summed E-state index contributed by atoms with van der Waals surface area (Å²) < 4.78 is 0. The summed E-state index contributed by atoms with van der Waals surface area (Å²) in [5.74, 6) is -3.90. The van der Waals surface area contributed by atoms with Crippen LogP contribution in [-0.4, -0.2) is 118 Å². The van der Waals surface area contributed by atoms with Crippen LogP contribution in [0.5, 0.6) is 0 Å². The first-order valence-electron chi connectivity index (χ1n) is 17.1. The molecule has 0 aromatic heterocycles. The van der Waals surface area contributed by atoms with Crippen LogP contribution in [0.1, 0.15) is 113 Å². The minimum absolute atomic E-state index is 0.235. The maximum absolute atomic E-state index is 10.4. The van der Waals surface area contributed by atoms with Gasteiger partial charge in [0.05, 0.1) is 22.8 Å². The van der Waals surface area contributed by atoms with Gasteiger partial charge < -0.3 is 62.7 Å². The van der Waals surface area contributed by atoms with E-state index in [2.05, 4.69) is 20.6 Å². The van der Waals surface area contributed by atoms with Crippen LogP contribution in [0.3, 0.4) is 0 Å². The average molecular weight is 767 g/mol. The number of hydrogen-bond donors (Lipinski definition) is 8. The van der Waals surface area contributed by atoms with Gasteiger partial charge in [-0.05, 0) is 100 Å². The molecule has 12 N–H and O–H groups in total. The van der Waals surface area contributed by atoms with E-state index in [0.717, 1.165) is 42.1 Å². The van der Waals surface area contributed by atoms with Crippen LogP contribution in [0.15, 0.2) is 20.6 Å².